The second-order valence-electron chi connectivity index (χ2n) is 8.17. The molecule has 0 heterocycles. The second-order valence-corrected chi connectivity index (χ2v) is 10.8. The van der Waals surface area contributed by atoms with E-state index < -0.39 is 5.91 Å². The molecule has 6 nitrogen and oxygen atoms in total. The first kappa shape index (κ1) is 29.0. The summed E-state index contributed by atoms with van der Waals surface area (Å²) < 4.78 is 18.8. The van der Waals surface area contributed by atoms with E-state index in [2.05, 4.69) is 42.4 Å². The highest BCUT2D eigenvalue weighted by Gasteiger charge is 2.13. The summed E-state index contributed by atoms with van der Waals surface area (Å²) in [4.78, 5) is 12.8. The van der Waals surface area contributed by atoms with Crippen molar-refractivity contribution in [2.75, 3.05) is 7.11 Å². The van der Waals surface area contributed by atoms with Crippen LogP contribution in [0.25, 0.3) is 0 Å². The Morgan fingerprint density at radius 1 is 0.923 bits per heavy atom. The standard InChI is InChI=1S/C29H22Br2Cl2N2O4/c1-37-27-12-19(8-10-26(27)38-16-18-5-3-2-4-6-18)29(36)35-34-15-21-11-22(30)13-24(31)28(21)39-17-20-7-9-23(32)14-25(20)33/h2-15H,16-17H2,1H3,(H,35,36)/b34-15+. The lowest BCUT2D eigenvalue weighted by Gasteiger charge is -2.13. The van der Waals surface area contributed by atoms with E-state index in [4.69, 9.17) is 37.4 Å². The van der Waals surface area contributed by atoms with Gasteiger partial charge in [-0.3, -0.25) is 4.79 Å². The molecule has 0 fully saturated rings. The maximum atomic E-state index is 12.8. The highest BCUT2D eigenvalue weighted by Crippen LogP contribution is 2.34. The second kappa shape index (κ2) is 13.8. The van der Waals surface area contributed by atoms with Crippen LogP contribution < -0.4 is 19.6 Å². The van der Waals surface area contributed by atoms with E-state index in [1.165, 1.54) is 13.3 Å². The zero-order valence-electron chi connectivity index (χ0n) is 20.6. The van der Waals surface area contributed by atoms with E-state index in [9.17, 15) is 4.79 Å². The Kier molecular flexibility index (Phi) is 10.3. The number of carbonyl (C=O) groups is 1. The number of hydrogen-bond donors (Lipinski definition) is 1. The molecule has 200 valence electrons. The number of amides is 1. The minimum absolute atomic E-state index is 0.210. The molecule has 4 rings (SSSR count). The number of carbonyl (C=O) groups excluding carboxylic acids is 1. The Bertz CT molecular complexity index is 1500. The van der Waals surface area contributed by atoms with E-state index >= 15 is 0 Å². The summed E-state index contributed by atoms with van der Waals surface area (Å²) in [6.07, 6.45) is 1.50. The maximum absolute atomic E-state index is 12.8. The van der Waals surface area contributed by atoms with Crippen molar-refractivity contribution in [3.8, 4) is 17.2 Å². The number of hydrazone groups is 1. The van der Waals surface area contributed by atoms with E-state index in [-0.39, 0.29) is 6.61 Å². The molecule has 0 aromatic heterocycles. The van der Waals surface area contributed by atoms with Gasteiger partial charge in [-0.25, -0.2) is 5.43 Å². The SMILES string of the molecule is COc1cc(C(=O)N/N=C/c2cc(Br)cc(Br)c2OCc2ccc(Cl)cc2Cl)ccc1OCc1ccccc1. The van der Waals surface area contributed by atoms with Gasteiger partial charge in [-0.1, -0.05) is 75.5 Å². The van der Waals surface area contributed by atoms with Crippen LogP contribution in [0.3, 0.4) is 0 Å². The molecule has 4 aromatic rings. The van der Waals surface area contributed by atoms with E-state index in [1.807, 2.05) is 42.5 Å². The molecule has 0 spiro atoms. The normalized spacial score (nSPS) is 10.9. The fraction of sp³-hybridized carbons (Fsp3) is 0.103. The first-order chi connectivity index (χ1) is 18.8. The number of methoxy groups -OCH3 is 1. The Morgan fingerprint density at radius 3 is 2.46 bits per heavy atom. The van der Waals surface area contributed by atoms with Gasteiger partial charge in [-0.05, 0) is 64.0 Å². The molecule has 10 heteroatoms. The summed E-state index contributed by atoms with van der Waals surface area (Å²) >= 11 is 19.3. The van der Waals surface area contributed by atoms with Crippen LogP contribution in [0, 0.1) is 0 Å². The molecule has 0 bridgehead atoms. The first-order valence-corrected chi connectivity index (χ1v) is 13.9. The molecule has 0 radical (unpaired) electrons. The number of nitrogens with one attached hydrogen (secondary N) is 1. The fourth-order valence-electron chi connectivity index (χ4n) is 3.51. The third-order valence-electron chi connectivity index (χ3n) is 5.46. The lowest BCUT2D eigenvalue weighted by molar-refractivity contribution is 0.0954. The monoisotopic (exact) mass is 690 g/mol. The van der Waals surface area contributed by atoms with Gasteiger partial charge in [0.25, 0.3) is 5.91 Å². The summed E-state index contributed by atoms with van der Waals surface area (Å²) in [7, 11) is 1.52. The number of benzene rings is 4. The van der Waals surface area contributed by atoms with Crippen LogP contribution in [0.4, 0.5) is 0 Å². The Morgan fingerprint density at radius 2 is 1.72 bits per heavy atom. The van der Waals surface area contributed by atoms with E-state index in [1.54, 1.807) is 36.4 Å². The van der Waals surface area contributed by atoms with Crippen LogP contribution in [0.1, 0.15) is 27.0 Å². The molecule has 0 unspecified atom stereocenters. The Hall–Kier alpha value is -3.04. The first-order valence-electron chi connectivity index (χ1n) is 11.6. The molecule has 0 aliphatic carbocycles. The molecular formula is C29H22Br2Cl2N2O4. The minimum atomic E-state index is -0.413. The zero-order valence-corrected chi connectivity index (χ0v) is 25.3. The van der Waals surface area contributed by atoms with Gasteiger partial charge in [0, 0.05) is 31.2 Å². The molecule has 4 aromatic carbocycles. The van der Waals surface area contributed by atoms with Crippen molar-refractivity contribution in [3.05, 3.63) is 120 Å². The fourth-order valence-corrected chi connectivity index (χ4v) is 5.34. The molecule has 0 aliphatic rings. The Labute approximate surface area is 253 Å². The van der Waals surface area contributed by atoms with Crippen molar-refractivity contribution < 1.29 is 19.0 Å². The number of hydrogen-bond acceptors (Lipinski definition) is 5. The van der Waals surface area contributed by atoms with Gasteiger partial charge in [0.15, 0.2) is 11.5 Å². The average Bonchev–Trinajstić information content (AvgIpc) is 2.92. The van der Waals surface area contributed by atoms with Crippen molar-refractivity contribution in [1.82, 2.24) is 5.43 Å². The van der Waals surface area contributed by atoms with Crippen molar-refractivity contribution in [1.29, 1.82) is 0 Å². The van der Waals surface area contributed by atoms with Crippen molar-refractivity contribution >= 4 is 67.2 Å². The molecule has 39 heavy (non-hydrogen) atoms. The average molecular weight is 693 g/mol. The zero-order chi connectivity index (χ0) is 27.8. The van der Waals surface area contributed by atoms with Gasteiger partial charge >= 0.3 is 0 Å². The third kappa shape index (κ3) is 7.99. The van der Waals surface area contributed by atoms with E-state index in [0.717, 1.165) is 15.6 Å². The molecule has 0 atom stereocenters. The molecule has 1 amide bonds. The molecule has 1 N–H and O–H groups in total. The summed E-state index contributed by atoms with van der Waals surface area (Å²) in [5, 5.41) is 5.19. The van der Waals surface area contributed by atoms with Gasteiger partial charge in [0.2, 0.25) is 0 Å². The molecule has 0 aliphatic heterocycles. The lowest BCUT2D eigenvalue weighted by atomic mass is 10.2. The Balaban J connectivity index is 1.44. The summed E-state index contributed by atoms with van der Waals surface area (Å²) in [5.41, 5.74) is 5.33. The van der Waals surface area contributed by atoms with Gasteiger partial charge in [0.1, 0.15) is 19.0 Å². The predicted molar refractivity (Wildman–Crippen MR) is 161 cm³/mol. The summed E-state index contributed by atoms with van der Waals surface area (Å²) in [6, 6.07) is 23.6. The lowest BCUT2D eigenvalue weighted by Crippen LogP contribution is -2.17. The van der Waals surface area contributed by atoms with Crippen molar-refractivity contribution in [2.45, 2.75) is 13.2 Å². The third-order valence-corrected chi connectivity index (χ3v) is 7.09. The number of rotatable bonds is 10. The molecule has 0 saturated carbocycles. The highest BCUT2D eigenvalue weighted by atomic mass is 79.9. The topological polar surface area (TPSA) is 69.2 Å². The van der Waals surface area contributed by atoms with E-state index in [0.29, 0.717) is 49.5 Å². The van der Waals surface area contributed by atoms with Crippen LogP contribution in [0.15, 0.2) is 92.9 Å². The summed E-state index contributed by atoms with van der Waals surface area (Å²) in [5.74, 6) is 1.09. The van der Waals surface area contributed by atoms with Crippen LogP contribution in [0.5, 0.6) is 17.2 Å². The van der Waals surface area contributed by atoms with Crippen molar-refractivity contribution in [3.63, 3.8) is 0 Å². The quantitative estimate of drug-likeness (QED) is 0.134. The van der Waals surface area contributed by atoms with Gasteiger partial charge in [0.05, 0.1) is 17.8 Å². The van der Waals surface area contributed by atoms with Crippen LogP contribution in [0.2, 0.25) is 10.0 Å². The van der Waals surface area contributed by atoms with Crippen molar-refractivity contribution in [2.24, 2.45) is 5.10 Å². The predicted octanol–water partition coefficient (Wildman–Crippen LogP) is 8.45. The maximum Gasteiger partial charge on any atom is 0.271 e. The number of nitrogens with zero attached hydrogens (tertiary/aromatic N) is 1. The van der Waals surface area contributed by atoms with Crippen LogP contribution in [-0.2, 0) is 13.2 Å². The summed E-state index contributed by atoms with van der Waals surface area (Å²) in [6.45, 7) is 0.589. The van der Waals surface area contributed by atoms with Crippen LogP contribution in [-0.4, -0.2) is 19.2 Å². The van der Waals surface area contributed by atoms with Gasteiger partial charge in [-0.2, -0.15) is 5.10 Å². The smallest absolute Gasteiger partial charge is 0.271 e. The van der Waals surface area contributed by atoms with Gasteiger partial charge < -0.3 is 14.2 Å². The number of halogens is 4. The molecular weight excluding hydrogens is 671 g/mol. The molecule has 0 saturated heterocycles. The largest absolute Gasteiger partial charge is 0.493 e. The number of ether oxygens (including phenoxy) is 3. The minimum Gasteiger partial charge on any atom is -0.493 e. The van der Waals surface area contributed by atoms with Gasteiger partial charge in [-0.15, -0.1) is 0 Å². The van der Waals surface area contributed by atoms with Crippen LogP contribution >= 0.6 is 55.1 Å². The highest BCUT2D eigenvalue weighted by molar-refractivity contribution is 9.11.